The van der Waals surface area contributed by atoms with Gasteiger partial charge in [0.1, 0.15) is 5.82 Å². The molecular weight excluding hydrogens is 948 g/mol. The number of hydrogen-bond acceptors (Lipinski definition) is 1. The summed E-state index contributed by atoms with van der Waals surface area (Å²) in [5.74, 6) is 0.835. The van der Waals surface area contributed by atoms with Gasteiger partial charge in [-0.1, -0.05) is 145 Å². The molecule has 0 fully saturated rings. The van der Waals surface area contributed by atoms with E-state index in [2.05, 4.69) is 252 Å². The van der Waals surface area contributed by atoms with Gasteiger partial charge in [0.25, 0.3) is 0 Å². The number of rotatable bonds is 9. The summed E-state index contributed by atoms with van der Waals surface area (Å²) in [4.78, 5) is 5.09. The van der Waals surface area contributed by atoms with Gasteiger partial charge in [0.05, 0.1) is 6.04 Å². The minimum Gasteiger partial charge on any atom is -0.319 e. The Morgan fingerprint density at radius 2 is 1.10 bits per heavy atom. The smallest absolute Gasteiger partial charge is 0.188 e. The van der Waals surface area contributed by atoms with E-state index in [4.69, 9.17) is 4.98 Å². The molecule has 0 saturated heterocycles. The molecule has 0 N–H and O–H groups in total. The molecule has 0 amide bonds. The fourth-order valence-corrected chi connectivity index (χ4v) is 9.53. The minimum atomic E-state index is -0.797. The molecule has 4 nitrogen and oxygen atoms in total. The third-order valence-electron chi connectivity index (χ3n) is 12.4. The molecule has 0 aliphatic carbocycles. The number of para-hydroxylation sites is 3. The van der Waals surface area contributed by atoms with Gasteiger partial charge in [-0.3, -0.25) is 0 Å². The van der Waals surface area contributed by atoms with Gasteiger partial charge in [-0.15, -0.1) is 22.6 Å². The average molecular weight is 991 g/mol. The van der Waals surface area contributed by atoms with Crippen LogP contribution in [0.3, 0.4) is 0 Å². The van der Waals surface area contributed by atoms with E-state index in [1.165, 1.54) is 16.6 Å². The molecule has 0 atom stereocenters. The van der Waals surface area contributed by atoms with Crippen molar-refractivity contribution in [2.45, 2.75) is 25.3 Å². The first kappa shape index (κ1) is 40.0. The number of nitrogens with zero attached hydrogens (tertiary/aromatic N) is 4. The van der Waals surface area contributed by atoms with E-state index in [-0.39, 0.29) is 21.1 Å². The van der Waals surface area contributed by atoms with Crippen LogP contribution in [0.15, 0.2) is 219 Å². The van der Waals surface area contributed by atoms with E-state index < -0.39 is 5.41 Å². The average Bonchev–Trinajstić information content (AvgIpc) is 3.90. The van der Waals surface area contributed by atoms with Crippen molar-refractivity contribution in [2.24, 2.45) is 0 Å². The van der Waals surface area contributed by atoms with E-state index in [9.17, 15) is 0 Å². The summed E-state index contributed by atoms with van der Waals surface area (Å²) in [6, 6.07) is 82.1. The summed E-state index contributed by atoms with van der Waals surface area (Å²) in [5.41, 5.74) is 13.5. The van der Waals surface area contributed by atoms with Crippen LogP contribution in [0.4, 0.5) is 0 Å². The molecule has 0 radical (unpaired) electrons. The summed E-state index contributed by atoms with van der Waals surface area (Å²) in [7, 11) is 0. The van der Waals surface area contributed by atoms with Crippen LogP contribution >= 0.6 is 0 Å². The number of benzene rings is 8. The molecule has 0 unspecified atom stereocenters. The quantitative estimate of drug-likeness (QED) is 0.105. The van der Waals surface area contributed by atoms with Crippen molar-refractivity contribution in [1.82, 2.24) is 18.7 Å². The van der Waals surface area contributed by atoms with Crippen LogP contribution in [0, 0.1) is 12.1 Å². The Morgan fingerprint density at radius 1 is 0.508 bits per heavy atom. The van der Waals surface area contributed by atoms with Crippen LogP contribution < -0.4 is 0 Å². The first-order valence-corrected chi connectivity index (χ1v) is 21.3. The third-order valence-corrected chi connectivity index (χ3v) is 12.4. The molecule has 3 heterocycles. The SMILES string of the molecule is CC(C)n1[cH+]n(-c2[c-]c(C(c3[c-]c4c(cc3)c3ccccc3n4-c3cc(-c4ccccc4-c4ccccc4)ccn3)(c3ccccc3)c3ccccc3)ccc2)c2ccccc21.[Pt]. The summed E-state index contributed by atoms with van der Waals surface area (Å²) in [6.45, 7) is 4.46. The number of imidazole rings is 1. The molecule has 306 valence electrons. The fraction of sp³-hybridized carbons (Fsp3) is 0.0690. The topological polar surface area (TPSA) is 27.7 Å². The minimum absolute atomic E-state index is 0. The Kier molecular flexibility index (Phi) is 10.5. The van der Waals surface area contributed by atoms with E-state index in [1.54, 1.807) is 0 Å². The number of pyridine rings is 1. The predicted octanol–water partition coefficient (Wildman–Crippen LogP) is 14.1. The van der Waals surface area contributed by atoms with Crippen molar-refractivity contribution in [3.63, 3.8) is 0 Å². The molecule has 5 heteroatoms. The zero-order valence-corrected chi connectivity index (χ0v) is 37.2. The molecule has 0 aliphatic heterocycles. The molecule has 0 spiro atoms. The molecule has 11 aromatic rings. The maximum Gasteiger partial charge on any atom is 0.188 e. The van der Waals surface area contributed by atoms with E-state index in [0.29, 0.717) is 6.04 Å². The second-order valence-electron chi connectivity index (χ2n) is 16.2. The van der Waals surface area contributed by atoms with Crippen molar-refractivity contribution >= 4 is 32.8 Å². The van der Waals surface area contributed by atoms with Crippen LogP contribution in [0.5, 0.6) is 0 Å². The van der Waals surface area contributed by atoms with E-state index in [0.717, 1.165) is 72.2 Å². The monoisotopic (exact) mass is 990 g/mol. The van der Waals surface area contributed by atoms with Crippen molar-refractivity contribution in [2.75, 3.05) is 0 Å². The Morgan fingerprint density at radius 3 is 1.79 bits per heavy atom. The van der Waals surface area contributed by atoms with Gasteiger partial charge in [-0.25, -0.2) is 14.1 Å². The molecule has 63 heavy (non-hydrogen) atoms. The van der Waals surface area contributed by atoms with Gasteiger partial charge in [0, 0.05) is 56.0 Å². The van der Waals surface area contributed by atoms with Crippen LogP contribution in [-0.2, 0) is 26.5 Å². The summed E-state index contributed by atoms with van der Waals surface area (Å²) in [6.07, 6.45) is 4.15. The predicted molar refractivity (Wildman–Crippen MR) is 255 cm³/mol. The van der Waals surface area contributed by atoms with Gasteiger partial charge >= 0.3 is 0 Å². The molecule has 8 aromatic carbocycles. The standard InChI is InChI=1S/C58H43N4.Pt/c1-41(2)60-40-61(55-32-17-16-31-54(55)60)48-26-18-25-46(38-48)58(44-21-8-4-9-22-44,45-23-10-5-11-24-45)47-33-34-52-51-29-14-15-30-53(51)62(56(52)39-47)57-37-43(35-36-59-57)50-28-13-12-27-49(50)42-19-6-3-7-20-42;/h3-37,40-41H,1-2H3;/q-1;. The largest absolute Gasteiger partial charge is 0.319 e. The molecular formula is C58H43N4Pt-. The molecule has 0 aliphatic rings. The van der Waals surface area contributed by atoms with Crippen molar-refractivity contribution in [3.8, 4) is 33.8 Å². The van der Waals surface area contributed by atoms with E-state index in [1.807, 2.05) is 6.20 Å². The number of aromatic nitrogens is 4. The number of fused-ring (bicyclic) bond motifs is 4. The molecule has 3 aromatic heterocycles. The Bertz CT molecular complexity index is 3350. The van der Waals surface area contributed by atoms with Crippen LogP contribution in [0.25, 0.3) is 66.6 Å². The van der Waals surface area contributed by atoms with Crippen molar-refractivity contribution < 1.29 is 21.1 Å². The maximum atomic E-state index is 5.09. The Labute approximate surface area is 382 Å². The zero-order chi connectivity index (χ0) is 41.6. The van der Waals surface area contributed by atoms with Gasteiger partial charge in [0.2, 0.25) is 0 Å². The fourth-order valence-electron chi connectivity index (χ4n) is 9.53. The summed E-state index contributed by atoms with van der Waals surface area (Å²) < 4.78 is 6.90. The second-order valence-corrected chi connectivity index (χ2v) is 16.2. The van der Waals surface area contributed by atoms with Gasteiger partial charge in [-0.2, -0.15) is 30.3 Å². The van der Waals surface area contributed by atoms with Gasteiger partial charge in [-0.05, 0) is 82.9 Å². The molecule has 11 rings (SSSR count). The van der Waals surface area contributed by atoms with Crippen molar-refractivity contribution in [1.29, 1.82) is 0 Å². The normalized spacial score (nSPS) is 11.7. The zero-order valence-electron chi connectivity index (χ0n) is 35.0. The number of hydrogen-bond donors (Lipinski definition) is 0. The first-order chi connectivity index (χ1) is 30.6. The van der Waals surface area contributed by atoms with Gasteiger partial charge < -0.3 is 4.57 Å². The summed E-state index contributed by atoms with van der Waals surface area (Å²) >= 11 is 0. The first-order valence-electron chi connectivity index (χ1n) is 21.3. The van der Waals surface area contributed by atoms with E-state index >= 15 is 0 Å². The van der Waals surface area contributed by atoms with Crippen molar-refractivity contribution in [3.05, 3.63) is 253 Å². The van der Waals surface area contributed by atoms with Gasteiger partial charge in [0.15, 0.2) is 17.4 Å². The second kappa shape index (κ2) is 16.6. The van der Waals surface area contributed by atoms with Crippen LogP contribution in [0.1, 0.15) is 42.1 Å². The van der Waals surface area contributed by atoms with Crippen LogP contribution in [-0.4, -0.2) is 18.7 Å². The Balaban J connectivity index is 0.00000471. The summed E-state index contributed by atoms with van der Waals surface area (Å²) in [5, 5.41) is 2.27. The maximum absolute atomic E-state index is 5.09. The molecule has 0 bridgehead atoms. The molecule has 0 saturated carbocycles. The third kappa shape index (κ3) is 6.74. The van der Waals surface area contributed by atoms with Crippen LogP contribution in [0.2, 0.25) is 0 Å². The Hall–Kier alpha value is -7.13.